The van der Waals surface area contributed by atoms with E-state index in [1.165, 1.54) is 16.2 Å². The van der Waals surface area contributed by atoms with Gasteiger partial charge in [-0.1, -0.05) is 0 Å². The van der Waals surface area contributed by atoms with Gasteiger partial charge in [0.2, 0.25) is 0 Å². The van der Waals surface area contributed by atoms with E-state index in [4.69, 9.17) is 5.11 Å². The molecule has 0 spiro atoms. The molecule has 0 bridgehead atoms. The zero-order chi connectivity index (χ0) is 12.6. The molecular weight excluding hydrogens is 238 g/mol. The molecule has 0 aliphatic carbocycles. The second-order valence-electron chi connectivity index (χ2n) is 3.87. The fourth-order valence-corrected chi connectivity index (χ4v) is 2.42. The van der Waals surface area contributed by atoms with Crippen LogP contribution in [0.3, 0.4) is 0 Å². The Bertz CT molecular complexity index is 601. The van der Waals surface area contributed by atoms with Gasteiger partial charge >= 0.3 is 5.97 Å². The largest absolute Gasteiger partial charge is 0.477 e. The number of amides is 1. The Morgan fingerprint density at radius 1 is 1.24 bits per heavy atom. The molecule has 0 fully saturated rings. The van der Waals surface area contributed by atoms with Crippen LogP contribution in [-0.4, -0.2) is 36.0 Å². The molecular formula is C12H11NO3S. The fraction of sp³-hybridized carbons (Fsp3) is 0.167. The summed E-state index contributed by atoms with van der Waals surface area (Å²) in [4.78, 5) is 24.4. The Balaban J connectivity index is 2.50. The third-order valence-corrected chi connectivity index (χ3v) is 3.48. The van der Waals surface area contributed by atoms with Crippen LogP contribution < -0.4 is 0 Å². The summed E-state index contributed by atoms with van der Waals surface area (Å²) in [5.41, 5.74) is 0.567. The number of carboxylic acid groups (broad SMARTS) is 1. The van der Waals surface area contributed by atoms with Gasteiger partial charge in [0.05, 0.1) is 0 Å². The third-order valence-electron chi connectivity index (χ3n) is 2.38. The molecule has 1 amide bonds. The molecule has 0 unspecified atom stereocenters. The first kappa shape index (κ1) is 11.6. The smallest absolute Gasteiger partial charge is 0.345 e. The van der Waals surface area contributed by atoms with Crippen molar-refractivity contribution < 1.29 is 14.7 Å². The Hall–Kier alpha value is -1.88. The molecule has 5 heteroatoms. The molecule has 4 nitrogen and oxygen atoms in total. The highest BCUT2D eigenvalue weighted by atomic mass is 32.1. The summed E-state index contributed by atoms with van der Waals surface area (Å²) in [5.74, 6) is -1.03. The minimum atomic E-state index is -0.938. The van der Waals surface area contributed by atoms with Crippen LogP contribution in [-0.2, 0) is 0 Å². The summed E-state index contributed by atoms with van der Waals surface area (Å²) >= 11 is 1.21. The van der Waals surface area contributed by atoms with Crippen molar-refractivity contribution in [2.75, 3.05) is 14.1 Å². The number of carboxylic acids is 1. The molecule has 88 valence electrons. The normalized spacial score (nSPS) is 10.5. The van der Waals surface area contributed by atoms with Gasteiger partial charge in [0.15, 0.2) is 0 Å². The van der Waals surface area contributed by atoms with Crippen molar-refractivity contribution in [3.8, 4) is 0 Å². The van der Waals surface area contributed by atoms with Crippen LogP contribution in [0.25, 0.3) is 10.1 Å². The molecule has 0 aliphatic heterocycles. The van der Waals surface area contributed by atoms with Crippen LogP contribution in [0.5, 0.6) is 0 Å². The van der Waals surface area contributed by atoms with Gasteiger partial charge in [0.25, 0.3) is 5.91 Å². The van der Waals surface area contributed by atoms with E-state index in [9.17, 15) is 9.59 Å². The summed E-state index contributed by atoms with van der Waals surface area (Å²) in [7, 11) is 3.37. The molecule has 2 aromatic rings. The van der Waals surface area contributed by atoms with Crippen LogP contribution in [0.15, 0.2) is 24.3 Å². The molecule has 17 heavy (non-hydrogen) atoms. The monoisotopic (exact) mass is 249 g/mol. The lowest BCUT2D eigenvalue weighted by Crippen LogP contribution is -2.21. The van der Waals surface area contributed by atoms with Crippen LogP contribution in [0.2, 0.25) is 0 Å². The first-order valence-corrected chi connectivity index (χ1v) is 5.79. The molecule has 1 N–H and O–H groups in total. The fourth-order valence-electron chi connectivity index (χ4n) is 1.54. The average molecular weight is 249 g/mol. The maximum atomic E-state index is 11.7. The van der Waals surface area contributed by atoms with Crippen molar-refractivity contribution in [1.82, 2.24) is 4.90 Å². The van der Waals surface area contributed by atoms with Crippen LogP contribution in [0, 0.1) is 0 Å². The first-order valence-electron chi connectivity index (χ1n) is 4.97. The summed E-state index contributed by atoms with van der Waals surface area (Å²) in [6.07, 6.45) is 0. The Kier molecular flexibility index (Phi) is 2.85. The van der Waals surface area contributed by atoms with Crippen molar-refractivity contribution >= 4 is 33.3 Å². The van der Waals surface area contributed by atoms with E-state index in [1.54, 1.807) is 38.4 Å². The number of nitrogens with zero attached hydrogens (tertiary/aromatic N) is 1. The molecule has 0 radical (unpaired) electrons. The number of rotatable bonds is 2. The number of fused-ring (bicyclic) bond motifs is 1. The van der Waals surface area contributed by atoms with Crippen molar-refractivity contribution in [3.63, 3.8) is 0 Å². The number of hydrogen-bond acceptors (Lipinski definition) is 3. The molecule has 0 saturated heterocycles. The van der Waals surface area contributed by atoms with E-state index in [-0.39, 0.29) is 10.8 Å². The van der Waals surface area contributed by atoms with E-state index in [2.05, 4.69) is 0 Å². The lowest BCUT2D eigenvalue weighted by Gasteiger charge is -2.09. The topological polar surface area (TPSA) is 57.6 Å². The Labute approximate surface area is 102 Å². The summed E-state index contributed by atoms with van der Waals surface area (Å²) in [6.45, 7) is 0. The summed E-state index contributed by atoms with van der Waals surface area (Å²) in [5, 5.41) is 9.68. The predicted octanol–water partition coefficient (Wildman–Crippen LogP) is 2.30. The minimum absolute atomic E-state index is 0.0880. The SMILES string of the molecule is CN(C)C(=O)c1ccc2sc(C(=O)O)cc2c1. The van der Waals surface area contributed by atoms with Crippen molar-refractivity contribution in [2.24, 2.45) is 0 Å². The van der Waals surface area contributed by atoms with E-state index in [0.29, 0.717) is 5.56 Å². The maximum Gasteiger partial charge on any atom is 0.345 e. The van der Waals surface area contributed by atoms with Crippen molar-refractivity contribution in [3.05, 3.63) is 34.7 Å². The molecule has 1 aromatic carbocycles. The van der Waals surface area contributed by atoms with Gasteiger partial charge in [0.1, 0.15) is 4.88 Å². The highest BCUT2D eigenvalue weighted by Crippen LogP contribution is 2.26. The maximum absolute atomic E-state index is 11.7. The van der Waals surface area contributed by atoms with E-state index < -0.39 is 5.97 Å². The quantitative estimate of drug-likeness (QED) is 0.888. The van der Waals surface area contributed by atoms with Gasteiger partial charge in [-0.3, -0.25) is 4.79 Å². The molecule has 0 saturated carbocycles. The van der Waals surface area contributed by atoms with Gasteiger partial charge in [-0.25, -0.2) is 4.79 Å². The third kappa shape index (κ3) is 2.14. The van der Waals surface area contributed by atoms with Gasteiger partial charge in [-0.15, -0.1) is 11.3 Å². The molecule has 0 aliphatic rings. The van der Waals surface area contributed by atoms with E-state index in [1.807, 2.05) is 0 Å². The zero-order valence-electron chi connectivity index (χ0n) is 9.43. The van der Waals surface area contributed by atoms with Gasteiger partial charge in [0, 0.05) is 24.4 Å². The van der Waals surface area contributed by atoms with Crippen LogP contribution in [0.1, 0.15) is 20.0 Å². The molecule has 2 rings (SSSR count). The molecule has 1 heterocycles. The van der Waals surface area contributed by atoms with E-state index in [0.717, 1.165) is 10.1 Å². The van der Waals surface area contributed by atoms with Crippen LogP contribution in [0.4, 0.5) is 0 Å². The van der Waals surface area contributed by atoms with Crippen molar-refractivity contribution in [2.45, 2.75) is 0 Å². The predicted molar refractivity (Wildman–Crippen MR) is 66.8 cm³/mol. The van der Waals surface area contributed by atoms with Gasteiger partial charge < -0.3 is 10.0 Å². The first-order chi connectivity index (χ1) is 7.99. The van der Waals surface area contributed by atoms with Crippen LogP contribution >= 0.6 is 11.3 Å². The summed E-state index contributed by atoms with van der Waals surface area (Å²) in [6, 6.07) is 6.81. The van der Waals surface area contributed by atoms with E-state index >= 15 is 0 Å². The minimum Gasteiger partial charge on any atom is -0.477 e. The summed E-state index contributed by atoms with van der Waals surface area (Å²) < 4.78 is 0.873. The second kappa shape index (κ2) is 4.18. The number of thiophene rings is 1. The van der Waals surface area contributed by atoms with Gasteiger partial charge in [-0.05, 0) is 29.7 Å². The van der Waals surface area contributed by atoms with Crippen molar-refractivity contribution in [1.29, 1.82) is 0 Å². The highest BCUT2D eigenvalue weighted by molar-refractivity contribution is 7.20. The second-order valence-corrected chi connectivity index (χ2v) is 4.95. The highest BCUT2D eigenvalue weighted by Gasteiger charge is 2.12. The molecule has 0 atom stereocenters. The zero-order valence-corrected chi connectivity index (χ0v) is 10.2. The number of carbonyl (C=O) groups excluding carboxylic acids is 1. The average Bonchev–Trinajstić information content (AvgIpc) is 2.70. The lowest BCUT2D eigenvalue weighted by molar-refractivity contribution is 0.0701. The Morgan fingerprint density at radius 3 is 2.53 bits per heavy atom. The number of carbonyl (C=O) groups is 2. The Morgan fingerprint density at radius 2 is 1.94 bits per heavy atom. The number of aromatic carboxylic acids is 1. The molecule has 1 aromatic heterocycles. The van der Waals surface area contributed by atoms with Gasteiger partial charge in [-0.2, -0.15) is 0 Å². The number of benzene rings is 1. The standard InChI is InChI=1S/C12H11NO3S/c1-13(2)11(14)7-3-4-9-8(5-7)6-10(17-9)12(15)16/h3-6H,1-2H3,(H,15,16). The number of hydrogen-bond donors (Lipinski definition) is 1. The lowest BCUT2D eigenvalue weighted by atomic mass is 10.1.